The van der Waals surface area contributed by atoms with Crippen LogP contribution < -0.4 is 0 Å². The molecule has 3 heterocycles. The van der Waals surface area contributed by atoms with Crippen LogP contribution in [-0.4, -0.2) is 76.8 Å². The van der Waals surface area contributed by atoms with Crippen LogP contribution in [0.3, 0.4) is 0 Å². The van der Waals surface area contributed by atoms with E-state index in [0.717, 1.165) is 36.2 Å². The molecular weight excluding hydrogens is 440 g/mol. The number of hydrogen-bond donors (Lipinski definition) is 0. The highest BCUT2D eigenvalue weighted by Gasteiger charge is 2.36. The van der Waals surface area contributed by atoms with E-state index in [1.54, 1.807) is 12.3 Å². The molecule has 0 atom stereocenters. The number of aromatic nitrogens is 1. The molecular formula is C20H21BrN4O2S. The summed E-state index contributed by atoms with van der Waals surface area (Å²) in [5, 5.41) is 2.39. The minimum Gasteiger partial charge on any atom is -0.336 e. The Labute approximate surface area is 176 Å². The summed E-state index contributed by atoms with van der Waals surface area (Å²) in [7, 11) is 0. The van der Waals surface area contributed by atoms with Crippen LogP contribution in [0.4, 0.5) is 0 Å². The quantitative estimate of drug-likeness (QED) is 0.657. The fourth-order valence-corrected chi connectivity index (χ4v) is 4.52. The monoisotopic (exact) mass is 460 g/mol. The van der Waals surface area contributed by atoms with Crippen LogP contribution in [0.15, 0.2) is 46.4 Å². The van der Waals surface area contributed by atoms with Crippen molar-refractivity contribution in [2.45, 2.75) is 6.04 Å². The number of amides is 2. The van der Waals surface area contributed by atoms with Gasteiger partial charge >= 0.3 is 0 Å². The first-order chi connectivity index (χ1) is 13.6. The first-order valence-corrected chi connectivity index (χ1v) is 10.9. The summed E-state index contributed by atoms with van der Waals surface area (Å²) in [5.41, 5.74) is 0.994. The Balaban J connectivity index is 1.23. The third-order valence-electron chi connectivity index (χ3n) is 5.22. The number of carbonyl (C=O) groups is 2. The Bertz CT molecular complexity index is 872. The molecule has 2 fully saturated rings. The molecule has 28 heavy (non-hydrogen) atoms. The Kier molecular flexibility index (Phi) is 5.89. The van der Waals surface area contributed by atoms with Crippen LogP contribution in [0.1, 0.15) is 15.4 Å². The van der Waals surface area contributed by atoms with Crippen LogP contribution in [0.25, 0.3) is 6.08 Å². The maximum Gasteiger partial charge on any atom is 0.282 e. The molecule has 4 rings (SSSR count). The molecule has 0 radical (unpaired) electrons. The Hall–Kier alpha value is -2.03. The van der Waals surface area contributed by atoms with E-state index >= 15 is 0 Å². The number of rotatable bonds is 4. The van der Waals surface area contributed by atoms with E-state index in [-0.39, 0.29) is 11.8 Å². The predicted octanol–water partition coefficient (Wildman–Crippen LogP) is 2.59. The zero-order valence-electron chi connectivity index (χ0n) is 15.3. The summed E-state index contributed by atoms with van der Waals surface area (Å²) in [6.07, 6.45) is 5.16. The van der Waals surface area contributed by atoms with Crippen LogP contribution in [0.5, 0.6) is 0 Å². The van der Waals surface area contributed by atoms with Crippen LogP contribution in [-0.2, 0) is 4.79 Å². The summed E-state index contributed by atoms with van der Waals surface area (Å²) in [4.78, 5) is 35.0. The molecule has 146 valence electrons. The van der Waals surface area contributed by atoms with E-state index in [0.29, 0.717) is 24.1 Å². The topological polar surface area (TPSA) is 56.8 Å². The summed E-state index contributed by atoms with van der Waals surface area (Å²) < 4.78 is 0.978. The first-order valence-electron chi connectivity index (χ1n) is 9.26. The van der Waals surface area contributed by atoms with Crippen LogP contribution in [0.2, 0.25) is 0 Å². The predicted molar refractivity (Wildman–Crippen MR) is 113 cm³/mol. The number of benzene rings is 1. The van der Waals surface area contributed by atoms with Crippen molar-refractivity contribution in [3.05, 3.63) is 57.0 Å². The van der Waals surface area contributed by atoms with E-state index in [2.05, 4.69) is 25.8 Å². The second-order valence-electron chi connectivity index (χ2n) is 6.92. The highest BCUT2D eigenvalue weighted by Crippen LogP contribution is 2.20. The normalized spacial score (nSPS) is 18.5. The van der Waals surface area contributed by atoms with Gasteiger partial charge in [-0.2, -0.15) is 0 Å². The summed E-state index contributed by atoms with van der Waals surface area (Å²) in [6.45, 7) is 4.61. The number of halogens is 1. The molecule has 0 bridgehead atoms. The molecule has 8 heteroatoms. The van der Waals surface area contributed by atoms with Crippen molar-refractivity contribution in [3.8, 4) is 0 Å². The molecule has 0 unspecified atom stereocenters. The van der Waals surface area contributed by atoms with Crippen molar-refractivity contribution in [1.29, 1.82) is 0 Å². The van der Waals surface area contributed by atoms with Crippen LogP contribution >= 0.6 is 27.3 Å². The molecule has 1 aromatic carbocycles. The summed E-state index contributed by atoms with van der Waals surface area (Å²) in [6, 6.07) is 8.22. The Morgan fingerprint density at radius 2 is 1.86 bits per heavy atom. The minimum absolute atomic E-state index is 0.0253. The average molecular weight is 461 g/mol. The Morgan fingerprint density at radius 3 is 2.54 bits per heavy atom. The SMILES string of the molecule is O=C(C=Cc1ccccc1Br)N1CC(N2CCN(C(=O)c3nccs3)CC2)C1. The standard InChI is InChI=1S/C20H21BrN4O2S/c21-17-4-2-1-3-15(17)5-6-18(26)25-13-16(14-25)23-8-10-24(11-9-23)20(27)19-22-7-12-28-19/h1-7,12,16H,8-11,13-14H2. The van der Waals surface area contributed by atoms with Gasteiger partial charge in [-0.3, -0.25) is 14.5 Å². The smallest absolute Gasteiger partial charge is 0.282 e. The highest BCUT2D eigenvalue weighted by atomic mass is 79.9. The van der Waals surface area contributed by atoms with Crippen molar-refractivity contribution >= 4 is 45.2 Å². The largest absolute Gasteiger partial charge is 0.336 e. The van der Waals surface area contributed by atoms with Crippen molar-refractivity contribution in [1.82, 2.24) is 19.7 Å². The summed E-state index contributed by atoms with van der Waals surface area (Å²) in [5.74, 6) is 0.0712. The van der Waals surface area contributed by atoms with E-state index < -0.39 is 0 Å². The van der Waals surface area contributed by atoms with Gasteiger partial charge in [0.1, 0.15) is 0 Å². The fourth-order valence-electron chi connectivity index (χ4n) is 3.50. The molecule has 0 N–H and O–H groups in total. The zero-order valence-corrected chi connectivity index (χ0v) is 17.7. The number of nitrogens with zero attached hydrogens (tertiary/aromatic N) is 4. The highest BCUT2D eigenvalue weighted by molar-refractivity contribution is 9.10. The van der Waals surface area contributed by atoms with Crippen molar-refractivity contribution < 1.29 is 9.59 Å². The lowest BCUT2D eigenvalue weighted by molar-refractivity contribution is -0.133. The van der Waals surface area contributed by atoms with Gasteiger partial charge in [0.15, 0.2) is 5.01 Å². The van der Waals surface area contributed by atoms with Crippen LogP contribution in [0, 0.1) is 0 Å². The number of hydrogen-bond acceptors (Lipinski definition) is 5. The van der Waals surface area contributed by atoms with Crippen molar-refractivity contribution in [2.24, 2.45) is 0 Å². The van der Waals surface area contributed by atoms with Gasteiger partial charge in [-0.15, -0.1) is 11.3 Å². The zero-order chi connectivity index (χ0) is 19.5. The van der Waals surface area contributed by atoms with Gasteiger partial charge in [-0.1, -0.05) is 34.1 Å². The Morgan fingerprint density at radius 1 is 1.11 bits per heavy atom. The number of thiazole rings is 1. The van der Waals surface area contributed by atoms with Crippen molar-refractivity contribution in [2.75, 3.05) is 39.3 Å². The van der Waals surface area contributed by atoms with Gasteiger partial charge in [0, 0.05) is 67.4 Å². The average Bonchev–Trinajstić information content (AvgIpc) is 3.21. The molecule has 2 saturated heterocycles. The lowest BCUT2D eigenvalue weighted by Gasteiger charge is -2.47. The molecule has 2 aliphatic heterocycles. The van der Waals surface area contributed by atoms with Crippen molar-refractivity contribution in [3.63, 3.8) is 0 Å². The molecule has 0 saturated carbocycles. The maximum absolute atomic E-state index is 12.4. The van der Waals surface area contributed by atoms with Gasteiger partial charge in [0.25, 0.3) is 5.91 Å². The molecule has 2 aliphatic rings. The first kappa shape index (κ1) is 19.3. The number of likely N-dealkylation sites (tertiary alicyclic amines) is 1. The molecule has 0 spiro atoms. The second kappa shape index (κ2) is 8.55. The van der Waals surface area contributed by atoms with E-state index in [1.165, 1.54) is 11.3 Å². The van der Waals surface area contributed by atoms with Gasteiger partial charge in [-0.05, 0) is 17.7 Å². The second-order valence-corrected chi connectivity index (χ2v) is 8.67. The molecule has 6 nitrogen and oxygen atoms in total. The lowest BCUT2D eigenvalue weighted by Crippen LogP contribution is -2.64. The molecule has 0 aliphatic carbocycles. The van der Waals surface area contributed by atoms with Gasteiger partial charge < -0.3 is 9.80 Å². The third-order valence-corrected chi connectivity index (χ3v) is 6.70. The van der Waals surface area contributed by atoms with E-state index in [9.17, 15) is 9.59 Å². The number of piperazine rings is 1. The third kappa shape index (κ3) is 4.19. The van der Waals surface area contributed by atoms with Gasteiger partial charge in [-0.25, -0.2) is 4.98 Å². The van der Waals surface area contributed by atoms with E-state index in [4.69, 9.17) is 0 Å². The maximum atomic E-state index is 12.4. The lowest BCUT2D eigenvalue weighted by atomic mass is 10.1. The fraction of sp³-hybridized carbons (Fsp3) is 0.350. The van der Waals surface area contributed by atoms with Gasteiger partial charge in [0.05, 0.1) is 0 Å². The molecule has 1 aromatic heterocycles. The molecule has 2 aromatic rings. The van der Waals surface area contributed by atoms with Gasteiger partial charge in [0.2, 0.25) is 5.91 Å². The molecule has 2 amide bonds. The van der Waals surface area contributed by atoms with E-state index in [1.807, 2.05) is 45.5 Å². The minimum atomic E-state index is 0.0253. The number of carbonyl (C=O) groups excluding carboxylic acids is 2. The summed E-state index contributed by atoms with van der Waals surface area (Å²) >= 11 is 4.87.